The normalized spacial score (nSPS) is 20.3. The van der Waals surface area contributed by atoms with Gasteiger partial charge in [-0.05, 0) is 62.0 Å². The third kappa shape index (κ3) is 4.13. The number of nitrogens with zero attached hydrogens (tertiary/aromatic N) is 1. The van der Waals surface area contributed by atoms with Crippen molar-refractivity contribution >= 4 is 28.3 Å². The number of nitrogens with one attached hydrogen (secondary N) is 1. The van der Waals surface area contributed by atoms with E-state index in [1.54, 1.807) is 14.2 Å². The average Bonchev–Trinajstić information content (AvgIpc) is 2.91. The summed E-state index contributed by atoms with van der Waals surface area (Å²) in [5.41, 5.74) is 1.82. The molecule has 3 rings (SSSR count). The minimum absolute atomic E-state index is 0. The molecular formula is C17H26BrClN2O2. The van der Waals surface area contributed by atoms with Crippen LogP contribution in [0.15, 0.2) is 16.6 Å². The van der Waals surface area contributed by atoms with E-state index in [1.807, 2.05) is 6.07 Å². The molecule has 0 bridgehead atoms. The van der Waals surface area contributed by atoms with Crippen LogP contribution in [0.4, 0.5) is 0 Å². The molecule has 0 saturated carbocycles. The molecule has 2 aliphatic rings. The molecule has 2 aliphatic heterocycles. The zero-order valence-electron chi connectivity index (χ0n) is 13.9. The van der Waals surface area contributed by atoms with E-state index in [1.165, 1.54) is 51.0 Å². The number of halogens is 2. The molecule has 6 heteroatoms. The maximum Gasteiger partial charge on any atom is 0.161 e. The largest absolute Gasteiger partial charge is 0.493 e. The van der Waals surface area contributed by atoms with Crippen molar-refractivity contribution in [1.82, 2.24) is 10.2 Å². The van der Waals surface area contributed by atoms with Crippen LogP contribution in [0.5, 0.6) is 11.5 Å². The van der Waals surface area contributed by atoms with Crippen LogP contribution in [0.2, 0.25) is 0 Å². The lowest BCUT2D eigenvalue weighted by Crippen LogP contribution is -2.38. The number of piperidine rings is 1. The zero-order valence-corrected chi connectivity index (χ0v) is 16.3. The van der Waals surface area contributed by atoms with E-state index in [-0.39, 0.29) is 12.4 Å². The van der Waals surface area contributed by atoms with E-state index in [2.05, 4.69) is 32.2 Å². The van der Waals surface area contributed by atoms with Gasteiger partial charge < -0.3 is 14.8 Å². The summed E-state index contributed by atoms with van der Waals surface area (Å²) in [6.07, 6.45) is 3.97. The molecule has 0 atom stereocenters. The van der Waals surface area contributed by atoms with Crippen LogP contribution >= 0.6 is 28.3 Å². The number of hydrogen-bond acceptors (Lipinski definition) is 4. The van der Waals surface area contributed by atoms with Gasteiger partial charge in [-0.1, -0.05) is 15.9 Å². The lowest BCUT2D eigenvalue weighted by molar-refractivity contribution is 0.194. The molecule has 1 aromatic carbocycles. The molecule has 1 N–H and O–H groups in total. The van der Waals surface area contributed by atoms with Crippen molar-refractivity contribution in [3.63, 3.8) is 0 Å². The summed E-state index contributed by atoms with van der Waals surface area (Å²) in [5, 5.41) is 3.48. The van der Waals surface area contributed by atoms with Crippen molar-refractivity contribution in [1.29, 1.82) is 0 Å². The Hall–Kier alpha value is -0.490. The van der Waals surface area contributed by atoms with Crippen LogP contribution in [0.1, 0.15) is 24.8 Å². The lowest BCUT2D eigenvalue weighted by atomic mass is 9.78. The second-order valence-corrected chi connectivity index (χ2v) is 7.36. The minimum Gasteiger partial charge on any atom is -0.493 e. The summed E-state index contributed by atoms with van der Waals surface area (Å²) < 4.78 is 11.9. The minimum atomic E-state index is 0. The van der Waals surface area contributed by atoms with Crippen molar-refractivity contribution in [3.8, 4) is 11.5 Å². The van der Waals surface area contributed by atoms with E-state index in [4.69, 9.17) is 9.47 Å². The molecule has 2 fully saturated rings. The van der Waals surface area contributed by atoms with Crippen molar-refractivity contribution in [3.05, 3.63) is 22.2 Å². The Morgan fingerprint density at radius 1 is 1.13 bits per heavy atom. The van der Waals surface area contributed by atoms with Gasteiger partial charge in [-0.3, -0.25) is 4.90 Å². The van der Waals surface area contributed by atoms with Gasteiger partial charge in [0.05, 0.1) is 14.2 Å². The summed E-state index contributed by atoms with van der Waals surface area (Å²) >= 11 is 3.67. The first-order chi connectivity index (χ1) is 10.7. The Kier molecular flexibility index (Phi) is 6.60. The van der Waals surface area contributed by atoms with Crippen LogP contribution < -0.4 is 14.8 Å². The van der Waals surface area contributed by atoms with E-state index in [0.717, 1.165) is 22.5 Å². The van der Waals surface area contributed by atoms with Gasteiger partial charge in [0.15, 0.2) is 11.5 Å². The highest BCUT2D eigenvalue weighted by atomic mass is 79.9. The Labute approximate surface area is 153 Å². The molecule has 2 saturated heterocycles. The van der Waals surface area contributed by atoms with Crippen molar-refractivity contribution < 1.29 is 9.47 Å². The molecular weight excluding hydrogens is 380 g/mol. The van der Waals surface area contributed by atoms with Gasteiger partial charge >= 0.3 is 0 Å². The zero-order chi connectivity index (χ0) is 15.6. The average molecular weight is 406 g/mol. The van der Waals surface area contributed by atoms with Crippen LogP contribution in [0.3, 0.4) is 0 Å². The second kappa shape index (κ2) is 8.06. The highest BCUT2D eigenvalue weighted by Crippen LogP contribution is 2.40. The second-order valence-electron chi connectivity index (χ2n) is 6.51. The lowest BCUT2D eigenvalue weighted by Gasteiger charge is -2.34. The van der Waals surface area contributed by atoms with E-state index in [9.17, 15) is 0 Å². The Morgan fingerprint density at radius 3 is 2.43 bits per heavy atom. The molecule has 0 aromatic heterocycles. The monoisotopic (exact) mass is 404 g/mol. The van der Waals surface area contributed by atoms with Crippen LogP contribution in [0.25, 0.3) is 0 Å². The third-order valence-electron chi connectivity index (χ3n) is 5.13. The van der Waals surface area contributed by atoms with E-state index >= 15 is 0 Å². The highest BCUT2D eigenvalue weighted by molar-refractivity contribution is 9.10. The Balaban J connectivity index is 0.00000192. The van der Waals surface area contributed by atoms with Crippen LogP contribution in [-0.2, 0) is 6.54 Å². The quantitative estimate of drug-likeness (QED) is 0.832. The molecule has 0 aliphatic carbocycles. The number of benzene rings is 1. The fourth-order valence-corrected chi connectivity index (χ4v) is 4.23. The molecule has 1 spiro atoms. The van der Waals surface area contributed by atoms with Crippen molar-refractivity contribution in [2.75, 3.05) is 40.4 Å². The molecule has 4 nitrogen and oxygen atoms in total. The fraction of sp³-hybridized carbons (Fsp3) is 0.647. The summed E-state index contributed by atoms with van der Waals surface area (Å²) in [6.45, 7) is 5.73. The topological polar surface area (TPSA) is 33.7 Å². The summed E-state index contributed by atoms with van der Waals surface area (Å²) in [7, 11) is 3.36. The maximum atomic E-state index is 5.43. The van der Waals surface area contributed by atoms with E-state index < -0.39 is 0 Å². The van der Waals surface area contributed by atoms with Crippen LogP contribution in [0, 0.1) is 5.41 Å². The number of hydrogen-bond donors (Lipinski definition) is 1. The molecule has 0 unspecified atom stereocenters. The Bertz CT molecular complexity index is 536. The van der Waals surface area contributed by atoms with Gasteiger partial charge in [-0.15, -0.1) is 12.4 Å². The number of methoxy groups -OCH3 is 2. The number of rotatable bonds is 4. The van der Waals surface area contributed by atoms with Gasteiger partial charge in [0.2, 0.25) is 0 Å². The standard InChI is InChI=1S/C17H25BrN2O2.ClH/c1-21-15-9-13(14(18)10-16(15)22-2)11-20-8-5-17(12-20)3-6-19-7-4-17;/h9-10,19H,3-8,11-12H2,1-2H3;1H. The first kappa shape index (κ1) is 18.8. The van der Waals surface area contributed by atoms with Crippen molar-refractivity contribution in [2.45, 2.75) is 25.8 Å². The SMILES string of the molecule is COc1cc(Br)c(CN2CCC3(CCNCC3)C2)cc1OC.Cl. The fourth-order valence-electron chi connectivity index (χ4n) is 3.79. The number of likely N-dealkylation sites (tertiary alicyclic amines) is 1. The molecule has 0 amide bonds. The summed E-state index contributed by atoms with van der Waals surface area (Å²) in [4.78, 5) is 2.58. The first-order valence-corrected chi connectivity index (χ1v) is 8.78. The predicted molar refractivity (Wildman–Crippen MR) is 98.9 cm³/mol. The van der Waals surface area contributed by atoms with Crippen LogP contribution in [-0.4, -0.2) is 45.3 Å². The van der Waals surface area contributed by atoms with Gasteiger partial charge in [0, 0.05) is 17.6 Å². The number of ether oxygens (including phenoxy) is 2. The molecule has 1 aromatic rings. The molecule has 2 heterocycles. The third-order valence-corrected chi connectivity index (χ3v) is 5.87. The maximum absolute atomic E-state index is 5.43. The van der Waals surface area contributed by atoms with Gasteiger partial charge in [0.25, 0.3) is 0 Å². The summed E-state index contributed by atoms with van der Waals surface area (Å²) in [5.74, 6) is 1.57. The smallest absolute Gasteiger partial charge is 0.161 e. The van der Waals surface area contributed by atoms with Gasteiger partial charge in [-0.2, -0.15) is 0 Å². The first-order valence-electron chi connectivity index (χ1n) is 7.99. The van der Waals surface area contributed by atoms with Crippen molar-refractivity contribution in [2.24, 2.45) is 5.41 Å². The Morgan fingerprint density at radius 2 is 1.78 bits per heavy atom. The molecule has 23 heavy (non-hydrogen) atoms. The summed E-state index contributed by atoms with van der Waals surface area (Å²) in [6, 6.07) is 4.10. The predicted octanol–water partition coefficient (Wildman–Crippen LogP) is 3.46. The van der Waals surface area contributed by atoms with Gasteiger partial charge in [0.1, 0.15) is 0 Å². The molecule has 130 valence electrons. The highest BCUT2D eigenvalue weighted by Gasteiger charge is 2.38. The van der Waals surface area contributed by atoms with E-state index in [0.29, 0.717) is 5.41 Å². The van der Waals surface area contributed by atoms with Gasteiger partial charge in [-0.25, -0.2) is 0 Å². The molecule has 0 radical (unpaired) electrons.